The van der Waals surface area contributed by atoms with Gasteiger partial charge in [-0.15, -0.1) is 0 Å². The summed E-state index contributed by atoms with van der Waals surface area (Å²) < 4.78 is 6.23. The quantitative estimate of drug-likeness (QED) is 0.317. The molecule has 33 heavy (non-hydrogen) atoms. The summed E-state index contributed by atoms with van der Waals surface area (Å²) in [6, 6.07) is 30.3. The molecule has 0 unspecified atom stereocenters. The Labute approximate surface area is 195 Å². The van der Waals surface area contributed by atoms with Gasteiger partial charge in [0.1, 0.15) is 12.4 Å². The Balaban J connectivity index is 1.54. The molecular weight excluding hydrogens is 408 g/mol. The molecule has 0 aromatic heterocycles. The number of hydrogen-bond donors (Lipinski definition) is 2. The molecule has 0 saturated carbocycles. The van der Waals surface area contributed by atoms with Crippen LogP contribution in [0, 0.1) is 5.92 Å². The van der Waals surface area contributed by atoms with Gasteiger partial charge in [-0.3, -0.25) is 4.79 Å². The minimum absolute atomic E-state index is 0.0515. The summed E-state index contributed by atoms with van der Waals surface area (Å²) in [5, 5.41) is 8.79. The van der Waals surface area contributed by atoms with E-state index in [1.807, 2.05) is 60.7 Å². The highest BCUT2D eigenvalue weighted by Crippen LogP contribution is 2.30. The molecule has 0 radical (unpaired) electrons. The van der Waals surface area contributed by atoms with Crippen LogP contribution in [0.15, 0.2) is 91.0 Å². The van der Waals surface area contributed by atoms with E-state index < -0.39 is 0 Å². The van der Waals surface area contributed by atoms with Crippen LogP contribution in [-0.4, -0.2) is 12.5 Å². The minimum Gasteiger partial charge on any atom is -0.489 e. The van der Waals surface area contributed by atoms with E-state index in [2.05, 4.69) is 54.8 Å². The van der Waals surface area contributed by atoms with Crippen molar-refractivity contribution in [1.82, 2.24) is 5.32 Å². The number of anilines is 1. The third-order valence-corrected chi connectivity index (χ3v) is 5.50. The maximum Gasteiger partial charge on any atom is 0.251 e. The number of fused-ring (bicyclic) bond motifs is 1. The Hall–Kier alpha value is -3.79. The molecule has 0 spiro atoms. The molecule has 0 aliphatic carbocycles. The fourth-order valence-electron chi connectivity index (χ4n) is 3.73. The summed E-state index contributed by atoms with van der Waals surface area (Å²) in [7, 11) is 0. The first kappa shape index (κ1) is 22.4. The number of benzene rings is 4. The largest absolute Gasteiger partial charge is 0.489 e. The zero-order valence-corrected chi connectivity index (χ0v) is 19.2. The SMILES string of the molecule is CC(C)CNC(=O)c1cccc(NCc2c(OCc3ccccc3)ccc3ccccc23)c1. The third-order valence-electron chi connectivity index (χ3n) is 5.50. The second-order valence-corrected chi connectivity index (χ2v) is 8.58. The van der Waals surface area contributed by atoms with Crippen molar-refractivity contribution in [2.45, 2.75) is 27.0 Å². The van der Waals surface area contributed by atoms with Gasteiger partial charge in [0.25, 0.3) is 5.91 Å². The first-order valence-electron chi connectivity index (χ1n) is 11.4. The Morgan fingerprint density at radius 3 is 2.48 bits per heavy atom. The molecule has 4 aromatic rings. The molecule has 1 amide bonds. The van der Waals surface area contributed by atoms with Gasteiger partial charge in [0.15, 0.2) is 0 Å². The van der Waals surface area contributed by atoms with E-state index in [0.29, 0.717) is 31.2 Å². The summed E-state index contributed by atoms with van der Waals surface area (Å²) in [6.07, 6.45) is 0. The van der Waals surface area contributed by atoms with Crippen molar-refractivity contribution in [3.05, 3.63) is 108 Å². The summed E-state index contributed by atoms with van der Waals surface area (Å²) >= 11 is 0. The van der Waals surface area contributed by atoms with Crippen LogP contribution >= 0.6 is 0 Å². The van der Waals surface area contributed by atoms with Gasteiger partial charge in [0.2, 0.25) is 0 Å². The lowest BCUT2D eigenvalue weighted by molar-refractivity contribution is 0.0949. The van der Waals surface area contributed by atoms with Gasteiger partial charge in [0, 0.05) is 29.9 Å². The van der Waals surface area contributed by atoms with Crippen molar-refractivity contribution in [2.24, 2.45) is 5.92 Å². The summed E-state index contributed by atoms with van der Waals surface area (Å²) in [5.41, 5.74) is 3.77. The molecule has 0 heterocycles. The molecule has 4 aromatic carbocycles. The van der Waals surface area contributed by atoms with Gasteiger partial charge < -0.3 is 15.4 Å². The van der Waals surface area contributed by atoms with E-state index in [1.54, 1.807) is 0 Å². The first-order chi connectivity index (χ1) is 16.1. The number of amides is 1. The van der Waals surface area contributed by atoms with Crippen molar-refractivity contribution in [1.29, 1.82) is 0 Å². The Bertz CT molecular complexity index is 1220. The van der Waals surface area contributed by atoms with E-state index in [-0.39, 0.29) is 5.91 Å². The summed E-state index contributed by atoms with van der Waals surface area (Å²) in [6.45, 7) is 5.93. The standard InChI is InChI=1S/C29H30N2O2/c1-21(2)18-31-29(32)24-12-8-13-25(17-24)30-19-27-26-14-7-6-11-23(26)15-16-28(27)33-20-22-9-4-3-5-10-22/h3-17,21,30H,18-20H2,1-2H3,(H,31,32). The van der Waals surface area contributed by atoms with Crippen LogP contribution in [0.1, 0.15) is 35.3 Å². The molecular formula is C29H30N2O2. The number of rotatable bonds is 9. The zero-order valence-electron chi connectivity index (χ0n) is 19.2. The van der Waals surface area contributed by atoms with E-state index in [1.165, 1.54) is 5.39 Å². The van der Waals surface area contributed by atoms with Crippen molar-refractivity contribution in [2.75, 3.05) is 11.9 Å². The van der Waals surface area contributed by atoms with Gasteiger partial charge >= 0.3 is 0 Å². The van der Waals surface area contributed by atoms with Gasteiger partial charge in [-0.1, -0.05) is 80.6 Å². The van der Waals surface area contributed by atoms with Crippen molar-refractivity contribution >= 4 is 22.4 Å². The van der Waals surface area contributed by atoms with Crippen molar-refractivity contribution in [3.8, 4) is 5.75 Å². The lowest BCUT2D eigenvalue weighted by atomic mass is 10.0. The normalized spacial score (nSPS) is 10.9. The predicted molar refractivity (Wildman–Crippen MR) is 136 cm³/mol. The Morgan fingerprint density at radius 2 is 1.67 bits per heavy atom. The van der Waals surface area contributed by atoms with Crippen molar-refractivity contribution < 1.29 is 9.53 Å². The first-order valence-corrected chi connectivity index (χ1v) is 11.4. The Kier molecular flexibility index (Phi) is 7.26. The molecule has 4 nitrogen and oxygen atoms in total. The van der Waals surface area contributed by atoms with Crippen LogP contribution in [0.4, 0.5) is 5.69 Å². The molecule has 4 rings (SSSR count). The van der Waals surface area contributed by atoms with E-state index in [0.717, 1.165) is 28.0 Å². The molecule has 0 aliphatic heterocycles. The van der Waals surface area contributed by atoms with Crippen LogP contribution in [0.25, 0.3) is 10.8 Å². The fourth-order valence-corrected chi connectivity index (χ4v) is 3.73. The lowest BCUT2D eigenvalue weighted by Crippen LogP contribution is -2.27. The highest BCUT2D eigenvalue weighted by molar-refractivity contribution is 5.95. The second-order valence-electron chi connectivity index (χ2n) is 8.58. The monoisotopic (exact) mass is 438 g/mol. The van der Waals surface area contributed by atoms with E-state index in [4.69, 9.17) is 4.74 Å². The molecule has 0 atom stereocenters. The highest BCUT2D eigenvalue weighted by atomic mass is 16.5. The molecule has 2 N–H and O–H groups in total. The van der Waals surface area contributed by atoms with Gasteiger partial charge in [0.05, 0.1) is 0 Å². The second kappa shape index (κ2) is 10.7. The summed E-state index contributed by atoms with van der Waals surface area (Å²) in [5.74, 6) is 1.22. The molecule has 0 bridgehead atoms. The van der Waals surface area contributed by atoms with Gasteiger partial charge in [-0.25, -0.2) is 0 Å². The van der Waals surface area contributed by atoms with Crippen LogP contribution in [0.2, 0.25) is 0 Å². The maximum absolute atomic E-state index is 12.5. The summed E-state index contributed by atoms with van der Waals surface area (Å²) in [4.78, 5) is 12.5. The zero-order chi connectivity index (χ0) is 23.0. The van der Waals surface area contributed by atoms with Crippen LogP contribution in [0.3, 0.4) is 0 Å². The van der Waals surface area contributed by atoms with Gasteiger partial charge in [-0.05, 0) is 46.5 Å². The number of carbonyl (C=O) groups is 1. The third kappa shape index (κ3) is 5.92. The van der Waals surface area contributed by atoms with Crippen LogP contribution in [0.5, 0.6) is 5.75 Å². The van der Waals surface area contributed by atoms with Crippen LogP contribution < -0.4 is 15.4 Å². The molecule has 0 fully saturated rings. The fraction of sp³-hybridized carbons (Fsp3) is 0.207. The smallest absolute Gasteiger partial charge is 0.251 e. The van der Waals surface area contributed by atoms with E-state index in [9.17, 15) is 4.79 Å². The predicted octanol–water partition coefficient (Wildman–Crippen LogP) is 6.42. The molecule has 0 aliphatic rings. The molecule has 4 heteroatoms. The maximum atomic E-state index is 12.5. The highest BCUT2D eigenvalue weighted by Gasteiger charge is 2.11. The topological polar surface area (TPSA) is 50.4 Å². The van der Waals surface area contributed by atoms with Crippen LogP contribution in [-0.2, 0) is 13.2 Å². The Morgan fingerprint density at radius 1 is 0.879 bits per heavy atom. The van der Waals surface area contributed by atoms with Crippen molar-refractivity contribution in [3.63, 3.8) is 0 Å². The number of hydrogen-bond acceptors (Lipinski definition) is 3. The number of nitrogens with one attached hydrogen (secondary N) is 2. The van der Waals surface area contributed by atoms with Gasteiger partial charge in [-0.2, -0.15) is 0 Å². The number of ether oxygens (including phenoxy) is 1. The minimum atomic E-state index is -0.0515. The van der Waals surface area contributed by atoms with E-state index >= 15 is 0 Å². The number of carbonyl (C=O) groups excluding carboxylic acids is 1. The average Bonchev–Trinajstić information content (AvgIpc) is 2.85. The molecule has 0 saturated heterocycles. The lowest BCUT2D eigenvalue weighted by Gasteiger charge is -2.16. The average molecular weight is 439 g/mol. The molecule has 168 valence electrons.